The van der Waals surface area contributed by atoms with E-state index in [2.05, 4.69) is 43.9 Å². The van der Waals surface area contributed by atoms with Crippen LogP contribution in [0.15, 0.2) is 42.6 Å². The number of morpholine rings is 1. The number of para-hydroxylation sites is 1. The lowest BCUT2D eigenvalue weighted by Crippen LogP contribution is -2.59. The third-order valence-corrected chi connectivity index (χ3v) is 7.87. The molecule has 10 heteroatoms. The maximum absolute atomic E-state index is 11.9. The van der Waals surface area contributed by atoms with Crippen molar-refractivity contribution in [2.45, 2.75) is 25.9 Å². The Hall–Kier alpha value is -3.60. The quantitative estimate of drug-likeness (QED) is 0.403. The number of carbonyl (C=O) groups excluding carboxylic acids is 1. The van der Waals surface area contributed by atoms with E-state index in [0.717, 1.165) is 84.8 Å². The second-order valence-electron chi connectivity index (χ2n) is 10.6. The van der Waals surface area contributed by atoms with Gasteiger partial charge in [0.15, 0.2) is 11.6 Å². The van der Waals surface area contributed by atoms with E-state index < -0.39 is 5.54 Å². The fourth-order valence-electron chi connectivity index (χ4n) is 5.35. The topological polar surface area (TPSA) is 116 Å². The number of pyridine rings is 1. The number of aromatic amines is 1. The van der Waals surface area contributed by atoms with Crippen LogP contribution in [0, 0.1) is 0 Å². The zero-order valence-corrected chi connectivity index (χ0v) is 22.0. The minimum absolute atomic E-state index is 0.287. The summed E-state index contributed by atoms with van der Waals surface area (Å²) in [5.41, 5.74) is 9.67. The van der Waals surface area contributed by atoms with E-state index in [1.54, 1.807) is 0 Å². The number of benzene rings is 1. The van der Waals surface area contributed by atoms with Crippen LogP contribution in [0.1, 0.15) is 19.5 Å². The smallest absolute Gasteiger partial charge is 0.237 e. The number of piperazine rings is 1. The molecule has 2 fully saturated rings. The molecule has 0 atom stereocenters. The predicted molar refractivity (Wildman–Crippen MR) is 148 cm³/mol. The van der Waals surface area contributed by atoms with Crippen molar-refractivity contribution in [1.29, 1.82) is 0 Å². The number of amides is 1. The van der Waals surface area contributed by atoms with Crippen LogP contribution in [0.25, 0.3) is 33.3 Å². The molecule has 0 saturated carbocycles. The number of rotatable bonds is 6. The van der Waals surface area contributed by atoms with Gasteiger partial charge in [0.25, 0.3) is 0 Å². The van der Waals surface area contributed by atoms with Gasteiger partial charge in [-0.25, -0.2) is 15.0 Å². The molecule has 10 nitrogen and oxygen atoms in total. The molecule has 198 valence electrons. The fourth-order valence-corrected chi connectivity index (χ4v) is 5.35. The monoisotopic (exact) mass is 514 g/mol. The Morgan fingerprint density at radius 3 is 2.53 bits per heavy atom. The molecular weight excluding hydrogens is 480 g/mol. The summed E-state index contributed by atoms with van der Waals surface area (Å²) in [7, 11) is 0. The van der Waals surface area contributed by atoms with Gasteiger partial charge >= 0.3 is 0 Å². The molecule has 0 bridgehead atoms. The Bertz CT molecular complexity index is 1470. The first-order valence-electron chi connectivity index (χ1n) is 13.2. The van der Waals surface area contributed by atoms with Gasteiger partial charge in [0, 0.05) is 68.5 Å². The number of nitrogens with zero attached hydrogens (tertiary/aromatic N) is 6. The molecule has 0 unspecified atom stereocenters. The van der Waals surface area contributed by atoms with Crippen LogP contribution >= 0.6 is 0 Å². The zero-order valence-electron chi connectivity index (χ0n) is 22.0. The lowest BCUT2D eigenvalue weighted by molar-refractivity contribution is -0.129. The van der Waals surface area contributed by atoms with E-state index in [4.69, 9.17) is 25.4 Å². The summed E-state index contributed by atoms with van der Waals surface area (Å²) >= 11 is 0. The summed E-state index contributed by atoms with van der Waals surface area (Å²) < 4.78 is 5.61. The maximum Gasteiger partial charge on any atom is 0.237 e. The minimum Gasteiger partial charge on any atom is -0.378 e. The van der Waals surface area contributed by atoms with Gasteiger partial charge in [-0.2, -0.15) is 0 Å². The molecule has 38 heavy (non-hydrogen) atoms. The van der Waals surface area contributed by atoms with Crippen molar-refractivity contribution in [3.8, 4) is 11.4 Å². The van der Waals surface area contributed by atoms with Gasteiger partial charge in [0.1, 0.15) is 5.52 Å². The van der Waals surface area contributed by atoms with E-state index in [0.29, 0.717) is 19.0 Å². The highest BCUT2D eigenvalue weighted by atomic mass is 16.5. The summed E-state index contributed by atoms with van der Waals surface area (Å²) in [5.74, 6) is 1.26. The average molecular weight is 515 g/mol. The standard InChI is InChI=1S/C28H34N8O2/c1-28(2,27(29)37)36-11-9-34(10-12-36)18-19-7-8-23-24(31-19)26(35-13-15-38-16-14-35)33-25(32-23)21-17-30-22-6-4-3-5-20(21)22/h3-8,17,30H,9-16,18H2,1-2H3,(H2,29,37). The number of ether oxygens (including phenoxy) is 1. The largest absolute Gasteiger partial charge is 0.378 e. The zero-order chi connectivity index (χ0) is 26.3. The maximum atomic E-state index is 11.9. The Morgan fingerprint density at radius 1 is 1.00 bits per heavy atom. The van der Waals surface area contributed by atoms with Crippen LogP contribution in [0.2, 0.25) is 0 Å². The van der Waals surface area contributed by atoms with Crippen molar-refractivity contribution in [1.82, 2.24) is 29.7 Å². The van der Waals surface area contributed by atoms with E-state index >= 15 is 0 Å². The molecule has 0 radical (unpaired) electrons. The molecule has 1 amide bonds. The lowest BCUT2D eigenvalue weighted by atomic mass is 10.0. The van der Waals surface area contributed by atoms with E-state index in [1.807, 2.05) is 32.2 Å². The number of carbonyl (C=O) groups is 1. The molecule has 3 N–H and O–H groups in total. The Kier molecular flexibility index (Phi) is 6.46. The van der Waals surface area contributed by atoms with Crippen LogP contribution in [-0.2, 0) is 16.1 Å². The highest BCUT2D eigenvalue weighted by Gasteiger charge is 2.34. The molecule has 6 rings (SSSR count). The van der Waals surface area contributed by atoms with Gasteiger partial charge in [0.2, 0.25) is 5.91 Å². The average Bonchev–Trinajstić information content (AvgIpc) is 3.37. The molecule has 4 aromatic rings. The van der Waals surface area contributed by atoms with E-state index in [-0.39, 0.29) is 5.91 Å². The van der Waals surface area contributed by atoms with E-state index in [9.17, 15) is 4.79 Å². The molecule has 0 spiro atoms. The Morgan fingerprint density at radius 2 is 1.76 bits per heavy atom. The normalized spacial score (nSPS) is 17.9. The van der Waals surface area contributed by atoms with Crippen molar-refractivity contribution in [2.24, 2.45) is 5.73 Å². The van der Waals surface area contributed by atoms with Crippen LogP contribution in [-0.4, -0.2) is 93.7 Å². The third-order valence-electron chi connectivity index (χ3n) is 7.87. The molecule has 2 saturated heterocycles. The first-order valence-corrected chi connectivity index (χ1v) is 13.2. The number of anilines is 1. The van der Waals surface area contributed by atoms with Gasteiger partial charge in [-0.05, 0) is 32.0 Å². The molecule has 1 aromatic carbocycles. The van der Waals surface area contributed by atoms with Gasteiger partial charge in [0.05, 0.1) is 30.0 Å². The first-order chi connectivity index (χ1) is 18.4. The Labute approximate surface area is 221 Å². The molecule has 5 heterocycles. The van der Waals surface area contributed by atoms with Gasteiger partial charge in [-0.3, -0.25) is 14.6 Å². The van der Waals surface area contributed by atoms with Crippen molar-refractivity contribution in [3.63, 3.8) is 0 Å². The number of hydrogen-bond acceptors (Lipinski definition) is 8. The number of fused-ring (bicyclic) bond motifs is 2. The molecule has 0 aliphatic carbocycles. The van der Waals surface area contributed by atoms with Crippen LogP contribution in [0.5, 0.6) is 0 Å². The number of primary amides is 1. The van der Waals surface area contributed by atoms with Crippen LogP contribution < -0.4 is 10.6 Å². The number of nitrogens with one attached hydrogen (secondary N) is 1. The van der Waals surface area contributed by atoms with Crippen molar-refractivity contribution < 1.29 is 9.53 Å². The van der Waals surface area contributed by atoms with Gasteiger partial charge in [-0.1, -0.05) is 18.2 Å². The molecular formula is C28H34N8O2. The van der Waals surface area contributed by atoms with Crippen LogP contribution in [0.4, 0.5) is 5.82 Å². The van der Waals surface area contributed by atoms with Crippen molar-refractivity contribution in [2.75, 3.05) is 57.4 Å². The highest BCUT2D eigenvalue weighted by Crippen LogP contribution is 2.31. The lowest BCUT2D eigenvalue weighted by Gasteiger charge is -2.42. The van der Waals surface area contributed by atoms with Crippen molar-refractivity contribution >= 4 is 33.7 Å². The number of aromatic nitrogens is 4. The summed E-state index contributed by atoms with van der Waals surface area (Å²) in [5, 5.41) is 1.10. The number of nitrogens with two attached hydrogens (primary N) is 1. The number of H-pyrrole nitrogens is 1. The van der Waals surface area contributed by atoms with E-state index in [1.165, 1.54) is 0 Å². The predicted octanol–water partition coefficient (Wildman–Crippen LogP) is 2.39. The summed E-state index contributed by atoms with van der Waals surface area (Å²) in [6.45, 7) is 10.7. The van der Waals surface area contributed by atoms with Crippen LogP contribution in [0.3, 0.4) is 0 Å². The second kappa shape index (κ2) is 9.94. The molecule has 2 aliphatic heterocycles. The Balaban J connectivity index is 1.31. The van der Waals surface area contributed by atoms with Crippen molar-refractivity contribution in [3.05, 3.63) is 48.3 Å². The highest BCUT2D eigenvalue weighted by molar-refractivity contribution is 5.96. The van der Waals surface area contributed by atoms with Gasteiger partial charge < -0.3 is 20.4 Å². The molecule has 2 aliphatic rings. The number of hydrogen-bond donors (Lipinski definition) is 2. The van der Waals surface area contributed by atoms with Gasteiger partial charge in [-0.15, -0.1) is 0 Å². The second-order valence-corrected chi connectivity index (χ2v) is 10.6. The summed E-state index contributed by atoms with van der Waals surface area (Å²) in [6.07, 6.45) is 1.98. The first kappa shape index (κ1) is 24.7. The fraction of sp³-hybridized carbons (Fsp3) is 0.429. The minimum atomic E-state index is -0.639. The summed E-state index contributed by atoms with van der Waals surface area (Å²) in [6, 6.07) is 12.3. The summed E-state index contributed by atoms with van der Waals surface area (Å²) in [4.78, 5) is 37.1. The third kappa shape index (κ3) is 4.59. The SMILES string of the molecule is CC(C)(C(N)=O)N1CCN(Cc2ccc3nc(-c4c[nH]c5ccccc45)nc(N4CCOCC4)c3n2)CC1. The molecule has 3 aromatic heterocycles.